The molecule has 1 atom stereocenters. The van der Waals surface area contributed by atoms with Crippen molar-refractivity contribution >= 4 is 0 Å². The Morgan fingerprint density at radius 2 is 1.56 bits per heavy atom. The van der Waals surface area contributed by atoms with Crippen LogP contribution in [-0.2, 0) is 0 Å². The first-order chi connectivity index (χ1) is 7.55. The number of rotatable bonds is 9. The molecule has 0 aliphatic carbocycles. The van der Waals surface area contributed by atoms with Crippen LogP contribution in [0.5, 0.6) is 0 Å². The smallest absolute Gasteiger partial charge is 0.0349 e. The van der Waals surface area contributed by atoms with E-state index in [0.29, 0.717) is 6.04 Å². The van der Waals surface area contributed by atoms with Gasteiger partial charge in [-0.2, -0.15) is 0 Å². The van der Waals surface area contributed by atoms with Crippen LogP contribution >= 0.6 is 0 Å². The van der Waals surface area contributed by atoms with Crippen LogP contribution in [0.15, 0.2) is 0 Å². The number of nitrogens with two attached hydrogens (primary N) is 1. The highest BCUT2D eigenvalue weighted by atomic mass is 15.2. The van der Waals surface area contributed by atoms with E-state index < -0.39 is 0 Å². The zero-order chi connectivity index (χ0) is 12.6. The largest absolute Gasteiger partial charge is 0.326 e. The van der Waals surface area contributed by atoms with Gasteiger partial charge in [-0.05, 0) is 33.4 Å². The lowest BCUT2D eigenvalue weighted by atomic mass is 9.81. The highest BCUT2D eigenvalue weighted by Gasteiger charge is 2.34. The van der Waals surface area contributed by atoms with Gasteiger partial charge in [0.15, 0.2) is 0 Å². The van der Waals surface area contributed by atoms with Gasteiger partial charge in [-0.15, -0.1) is 0 Å². The topological polar surface area (TPSA) is 29.3 Å². The first-order valence-corrected chi connectivity index (χ1v) is 6.98. The van der Waals surface area contributed by atoms with Gasteiger partial charge in [-0.1, -0.05) is 46.5 Å². The molecule has 0 aliphatic heterocycles. The van der Waals surface area contributed by atoms with E-state index in [2.05, 4.69) is 39.8 Å². The lowest BCUT2D eigenvalue weighted by molar-refractivity contribution is 0.100. The molecule has 0 aromatic carbocycles. The number of likely N-dealkylation sites (N-methyl/N-ethyl adjacent to an activating group) is 1. The minimum atomic E-state index is 0.201. The van der Waals surface area contributed by atoms with E-state index in [1.54, 1.807) is 0 Å². The van der Waals surface area contributed by atoms with Crippen LogP contribution in [0.2, 0.25) is 0 Å². The van der Waals surface area contributed by atoms with Gasteiger partial charge in [0.2, 0.25) is 0 Å². The standard InChI is InChI=1S/C14H32N2/c1-6-9-10-11-12-13(15)14(7-2,8-3)16(4)5/h13H,6-12,15H2,1-5H3. The van der Waals surface area contributed by atoms with Gasteiger partial charge in [-0.25, -0.2) is 0 Å². The predicted molar refractivity (Wildman–Crippen MR) is 73.7 cm³/mol. The summed E-state index contributed by atoms with van der Waals surface area (Å²) in [6.07, 6.45) is 8.72. The summed E-state index contributed by atoms with van der Waals surface area (Å²) in [6, 6.07) is 0.314. The second-order valence-electron chi connectivity index (χ2n) is 5.16. The summed E-state index contributed by atoms with van der Waals surface area (Å²) in [4.78, 5) is 2.33. The summed E-state index contributed by atoms with van der Waals surface area (Å²) in [6.45, 7) is 6.77. The van der Waals surface area contributed by atoms with Crippen molar-refractivity contribution in [2.75, 3.05) is 14.1 Å². The molecule has 98 valence electrons. The average Bonchev–Trinajstić information content (AvgIpc) is 2.26. The Bertz CT molecular complexity index is 162. The van der Waals surface area contributed by atoms with E-state index in [4.69, 9.17) is 5.73 Å². The number of unbranched alkanes of at least 4 members (excludes halogenated alkanes) is 3. The first kappa shape index (κ1) is 15.9. The lowest BCUT2D eigenvalue weighted by Crippen LogP contribution is -2.56. The summed E-state index contributed by atoms with van der Waals surface area (Å²) in [5, 5.41) is 0. The Hall–Kier alpha value is -0.0800. The van der Waals surface area contributed by atoms with Crippen LogP contribution in [0.25, 0.3) is 0 Å². The summed E-state index contributed by atoms with van der Waals surface area (Å²) in [5.74, 6) is 0. The lowest BCUT2D eigenvalue weighted by Gasteiger charge is -2.43. The van der Waals surface area contributed by atoms with Crippen molar-refractivity contribution in [3.8, 4) is 0 Å². The fraction of sp³-hybridized carbons (Fsp3) is 1.00. The molecule has 0 heterocycles. The van der Waals surface area contributed by atoms with E-state index in [0.717, 1.165) is 12.8 Å². The molecule has 0 aromatic heterocycles. The van der Waals surface area contributed by atoms with Crippen LogP contribution in [0.1, 0.15) is 65.7 Å². The minimum absolute atomic E-state index is 0.201. The van der Waals surface area contributed by atoms with Crippen LogP contribution in [0.3, 0.4) is 0 Å². The number of hydrogen-bond acceptors (Lipinski definition) is 2. The average molecular weight is 228 g/mol. The molecule has 0 aliphatic rings. The van der Waals surface area contributed by atoms with Gasteiger partial charge in [0.05, 0.1) is 0 Å². The van der Waals surface area contributed by atoms with Gasteiger partial charge in [0.1, 0.15) is 0 Å². The monoisotopic (exact) mass is 228 g/mol. The van der Waals surface area contributed by atoms with Crippen molar-refractivity contribution in [1.82, 2.24) is 4.90 Å². The minimum Gasteiger partial charge on any atom is -0.326 e. The maximum atomic E-state index is 6.42. The van der Waals surface area contributed by atoms with Crippen molar-refractivity contribution in [3.63, 3.8) is 0 Å². The molecule has 1 unspecified atom stereocenters. The van der Waals surface area contributed by atoms with Gasteiger partial charge in [0.25, 0.3) is 0 Å². The Morgan fingerprint density at radius 1 is 1.00 bits per heavy atom. The van der Waals surface area contributed by atoms with Crippen LogP contribution < -0.4 is 5.73 Å². The summed E-state index contributed by atoms with van der Waals surface area (Å²) >= 11 is 0. The predicted octanol–water partition coefficient (Wildman–Crippen LogP) is 3.40. The van der Waals surface area contributed by atoms with Crippen molar-refractivity contribution in [1.29, 1.82) is 0 Å². The van der Waals surface area contributed by atoms with Crippen LogP contribution in [0.4, 0.5) is 0 Å². The SMILES string of the molecule is CCCCCCC(N)C(CC)(CC)N(C)C. The molecule has 0 rings (SSSR count). The maximum absolute atomic E-state index is 6.42. The molecule has 0 fully saturated rings. The van der Waals surface area contributed by atoms with Crippen molar-refractivity contribution in [3.05, 3.63) is 0 Å². The highest BCUT2D eigenvalue weighted by molar-refractivity contribution is 4.95. The normalized spacial score (nSPS) is 14.4. The van der Waals surface area contributed by atoms with E-state index in [9.17, 15) is 0 Å². The zero-order valence-electron chi connectivity index (χ0n) is 12.1. The molecule has 0 amide bonds. The molecule has 0 bridgehead atoms. The number of hydrogen-bond donors (Lipinski definition) is 1. The third-order valence-electron chi connectivity index (χ3n) is 4.17. The molecular weight excluding hydrogens is 196 g/mol. The van der Waals surface area contributed by atoms with Gasteiger partial charge < -0.3 is 10.6 Å². The summed E-state index contributed by atoms with van der Waals surface area (Å²) in [7, 11) is 4.33. The zero-order valence-corrected chi connectivity index (χ0v) is 12.1. The Balaban J connectivity index is 4.22. The number of nitrogens with zero attached hydrogens (tertiary/aromatic N) is 1. The fourth-order valence-electron chi connectivity index (χ4n) is 2.80. The van der Waals surface area contributed by atoms with Crippen molar-refractivity contribution < 1.29 is 0 Å². The molecule has 0 saturated heterocycles. The van der Waals surface area contributed by atoms with Gasteiger partial charge in [0, 0.05) is 11.6 Å². The van der Waals surface area contributed by atoms with E-state index in [-0.39, 0.29) is 5.54 Å². The van der Waals surface area contributed by atoms with Crippen LogP contribution in [0, 0.1) is 0 Å². The molecule has 0 radical (unpaired) electrons. The summed E-state index contributed by atoms with van der Waals surface area (Å²) < 4.78 is 0. The molecule has 2 heteroatoms. The second kappa shape index (κ2) is 8.08. The van der Waals surface area contributed by atoms with E-state index >= 15 is 0 Å². The fourth-order valence-corrected chi connectivity index (χ4v) is 2.80. The summed E-state index contributed by atoms with van der Waals surface area (Å²) in [5.41, 5.74) is 6.62. The van der Waals surface area contributed by atoms with Crippen molar-refractivity contribution in [2.24, 2.45) is 5.73 Å². The van der Waals surface area contributed by atoms with E-state index in [1.807, 2.05) is 0 Å². The Morgan fingerprint density at radius 3 is 1.94 bits per heavy atom. The third kappa shape index (κ3) is 4.06. The van der Waals surface area contributed by atoms with E-state index in [1.165, 1.54) is 32.1 Å². The molecule has 2 N–H and O–H groups in total. The molecular formula is C14H32N2. The Labute approximate surface area is 103 Å². The maximum Gasteiger partial charge on any atom is 0.0349 e. The second-order valence-corrected chi connectivity index (χ2v) is 5.16. The molecule has 0 saturated carbocycles. The molecule has 0 spiro atoms. The molecule has 16 heavy (non-hydrogen) atoms. The van der Waals surface area contributed by atoms with Crippen molar-refractivity contribution in [2.45, 2.75) is 77.3 Å². The quantitative estimate of drug-likeness (QED) is 0.613. The van der Waals surface area contributed by atoms with Gasteiger partial charge >= 0.3 is 0 Å². The Kier molecular flexibility index (Phi) is 8.04. The third-order valence-corrected chi connectivity index (χ3v) is 4.17. The molecule has 0 aromatic rings. The molecule has 2 nitrogen and oxygen atoms in total. The van der Waals surface area contributed by atoms with Gasteiger partial charge in [-0.3, -0.25) is 0 Å². The van der Waals surface area contributed by atoms with Crippen LogP contribution in [-0.4, -0.2) is 30.6 Å². The first-order valence-electron chi connectivity index (χ1n) is 6.98. The highest BCUT2D eigenvalue weighted by Crippen LogP contribution is 2.27.